The second-order valence-corrected chi connectivity index (χ2v) is 3.58. The molecule has 0 saturated carbocycles. The molecule has 0 heterocycles. The molecule has 0 amide bonds. The predicted molar refractivity (Wildman–Crippen MR) is 63.6 cm³/mol. The summed E-state index contributed by atoms with van der Waals surface area (Å²) in [6.45, 7) is 0.312. The van der Waals surface area contributed by atoms with Gasteiger partial charge in [-0.25, -0.2) is 0 Å². The smallest absolute Gasteiger partial charge is 0.311 e. The van der Waals surface area contributed by atoms with Gasteiger partial charge in [-0.1, -0.05) is 6.07 Å². The maximum absolute atomic E-state index is 11.2. The van der Waals surface area contributed by atoms with Crippen LogP contribution in [0.15, 0.2) is 18.2 Å². The third-order valence-corrected chi connectivity index (χ3v) is 2.57. The highest BCUT2D eigenvalue weighted by Crippen LogP contribution is 2.32. The summed E-state index contributed by atoms with van der Waals surface area (Å²) in [4.78, 5) is 11.2. The van der Waals surface area contributed by atoms with Crippen LogP contribution in [0.2, 0.25) is 0 Å². The highest BCUT2D eigenvalue weighted by Gasteiger charge is 2.22. The second kappa shape index (κ2) is 6.10. The lowest BCUT2D eigenvalue weighted by Crippen LogP contribution is -2.16. The quantitative estimate of drug-likeness (QED) is 0.780. The van der Waals surface area contributed by atoms with E-state index < -0.39 is 11.9 Å². The Kier molecular flexibility index (Phi) is 4.78. The van der Waals surface area contributed by atoms with Gasteiger partial charge in [-0.05, 0) is 19.0 Å². The largest absolute Gasteiger partial charge is 0.497 e. The van der Waals surface area contributed by atoms with E-state index in [2.05, 4.69) is 0 Å². The average Bonchev–Trinajstić information content (AvgIpc) is 2.35. The Bertz CT molecular complexity index is 392. The molecule has 0 radical (unpaired) electrons. The molecule has 1 aromatic carbocycles. The molecule has 0 aliphatic carbocycles. The molecule has 0 saturated heterocycles. The highest BCUT2D eigenvalue weighted by molar-refractivity contribution is 5.77. The molecule has 5 heteroatoms. The first-order valence-corrected chi connectivity index (χ1v) is 5.28. The van der Waals surface area contributed by atoms with Crippen LogP contribution in [0.4, 0.5) is 0 Å². The zero-order valence-corrected chi connectivity index (χ0v) is 9.97. The van der Waals surface area contributed by atoms with Gasteiger partial charge in [-0.15, -0.1) is 0 Å². The van der Waals surface area contributed by atoms with Crippen molar-refractivity contribution in [2.24, 2.45) is 5.73 Å². The molecular weight excluding hydrogens is 222 g/mol. The standard InChI is InChI=1S/C12H17NO4/c1-16-8-3-4-9(11(7-8)17-2)10(5-6-13)12(14)15/h3-4,7,10H,5-6,13H2,1-2H3,(H,14,15). The van der Waals surface area contributed by atoms with Gasteiger partial charge in [0.05, 0.1) is 20.1 Å². The maximum atomic E-state index is 11.2. The van der Waals surface area contributed by atoms with E-state index in [4.69, 9.17) is 20.3 Å². The number of carboxylic acids is 1. The van der Waals surface area contributed by atoms with Crippen LogP contribution >= 0.6 is 0 Å². The first kappa shape index (κ1) is 13.3. The van der Waals surface area contributed by atoms with Gasteiger partial charge in [0.2, 0.25) is 0 Å². The number of nitrogens with two attached hydrogens (primary N) is 1. The number of hydrogen-bond acceptors (Lipinski definition) is 4. The molecule has 0 bridgehead atoms. The van der Waals surface area contributed by atoms with Crippen LogP contribution in [0.1, 0.15) is 17.9 Å². The lowest BCUT2D eigenvalue weighted by molar-refractivity contribution is -0.138. The fourth-order valence-corrected chi connectivity index (χ4v) is 1.68. The molecule has 0 fully saturated rings. The number of methoxy groups -OCH3 is 2. The number of aliphatic carboxylic acids is 1. The summed E-state index contributed by atoms with van der Waals surface area (Å²) in [5.41, 5.74) is 6.04. The van der Waals surface area contributed by atoms with Crippen LogP contribution in [0.25, 0.3) is 0 Å². The summed E-state index contributed by atoms with van der Waals surface area (Å²) in [7, 11) is 3.04. The van der Waals surface area contributed by atoms with E-state index in [1.54, 1.807) is 25.3 Å². The van der Waals surface area contributed by atoms with Gasteiger partial charge >= 0.3 is 5.97 Å². The van der Waals surface area contributed by atoms with Crippen LogP contribution in [0.5, 0.6) is 11.5 Å². The Hall–Kier alpha value is -1.75. The number of rotatable bonds is 6. The molecule has 1 atom stereocenters. The number of hydrogen-bond donors (Lipinski definition) is 2. The topological polar surface area (TPSA) is 81.8 Å². The summed E-state index contributed by atoms with van der Waals surface area (Å²) in [6.07, 6.45) is 0.373. The summed E-state index contributed by atoms with van der Waals surface area (Å²) in [6, 6.07) is 5.08. The van der Waals surface area contributed by atoms with Gasteiger partial charge in [0.15, 0.2) is 0 Å². The number of benzene rings is 1. The molecule has 94 valence electrons. The zero-order chi connectivity index (χ0) is 12.8. The van der Waals surface area contributed by atoms with Crippen LogP contribution in [-0.2, 0) is 4.79 Å². The van der Waals surface area contributed by atoms with Crippen molar-refractivity contribution in [3.63, 3.8) is 0 Å². The Labute approximate surface area is 100 Å². The van der Waals surface area contributed by atoms with E-state index in [9.17, 15) is 4.79 Å². The van der Waals surface area contributed by atoms with Gasteiger partial charge < -0.3 is 20.3 Å². The minimum absolute atomic E-state index is 0.312. The van der Waals surface area contributed by atoms with Crippen molar-refractivity contribution in [1.82, 2.24) is 0 Å². The number of carbonyl (C=O) groups is 1. The Balaban J connectivity index is 3.13. The molecule has 1 rings (SSSR count). The van der Waals surface area contributed by atoms with Gasteiger partial charge in [-0.3, -0.25) is 4.79 Å². The van der Waals surface area contributed by atoms with Crippen molar-refractivity contribution in [2.45, 2.75) is 12.3 Å². The fourth-order valence-electron chi connectivity index (χ4n) is 1.68. The summed E-state index contributed by atoms with van der Waals surface area (Å²) in [5.74, 6) is -0.424. The minimum atomic E-state index is -0.904. The molecule has 0 aromatic heterocycles. The molecule has 0 aliphatic rings. The number of ether oxygens (including phenoxy) is 2. The Morgan fingerprint density at radius 3 is 2.59 bits per heavy atom. The normalized spacial score (nSPS) is 11.9. The molecule has 1 aromatic rings. The summed E-state index contributed by atoms with van der Waals surface area (Å²) < 4.78 is 10.2. The minimum Gasteiger partial charge on any atom is -0.497 e. The molecule has 0 aliphatic heterocycles. The van der Waals surface area contributed by atoms with Crippen LogP contribution in [-0.4, -0.2) is 31.8 Å². The van der Waals surface area contributed by atoms with Crippen molar-refractivity contribution in [3.05, 3.63) is 23.8 Å². The van der Waals surface area contributed by atoms with E-state index in [1.165, 1.54) is 7.11 Å². The van der Waals surface area contributed by atoms with Crippen LogP contribution in [0, 0.1) is 0 Å². The maximum Gasteiger partial charge on any atom is 0.311 e. The monoisotopic (exact) mass is 239 g/mol. The van der Waals surface area contributed by atoms with Crippen molar-refractivity contribution in [1.29, 1.82) is 0 Å². The lowest BCUT2D eigenvalue weighted by atomic mass is 9.95. The zero-order valence-electron chi connectivity index (χ0n) is 9.97. The van der Waals surface area contributed by atoms with Crippen molar-refractivity contribution in [2.75, 3.05) is 20.8 Å². The van der Waals surface area contributed by atoms with Crippen molar-refractivity contribution < 1.29 is 19.4 Å². The van der Waals surface area contributed by atoms with Gasteiger partial charge in [0, 0.05) is 11.6 Å². The number of carboxylic acid groups (broad SMARTS) is 1. The van der Waals surface area contributed by atoms with E-state index in [0.29, 0.717) is 30.0 Å². The van der Waals surface area contributed by atoms with Crippen molar-refractivity contribution >= 4 is 5.97 Å². The van der Waals surface area contributed by atoms with Gasteiger partial charge in [0.25, 0.3) is 0 Å². The third-order valence-electron chi connectivity index (χ3n) is 2.57. The molecular formula is C12H17NO4. The lowest BCUT2D eigenvalue weighted by Gasteiger charge is -2.16. The molecule has 0 spiro atoms. The predicted octanol–water partition coefficient (Wildman–Crippen LogP) is 1.22. The van der Waals surface area contributed by atoms with Crippen molar-refractivity contribution in [3.8, 4) is 11.5 Å². The summed E-state index contributed by atoms with van der Waals surface area (Å²) in [5, 5.41) is 9.16. The van der Waals surface area contributed by atoms with E-state index in [1.807, 2.05) is 0 Å². The Morgan fingerprint density at radius 2 is 2.12 bits per heavy atom. The van der Waals surface area contributed by atoms with E-state index in [-0.39, 0.29) is 0 Å². The van der Waals surface area contributed by atoms with Crippen LogP contribution < -0.4 is 15.2 Å². The SMILES string of the molecule is COc1ccc(C(CCN)C(=O)O)c(OC)c1. The first-order valence-electron chi connectivity index (χ1n) is 5.28. The highest BCUT2D eigenvalue weighted by atomic mass is 16.5. The Morgan fingerprint density at radius 1 is 1.41 bits per heavy atom. The molecule has 1 unspecified atom stereocenters. The summed E-state index contributed by atoms with van der Waals surface area (Å²) >= 11 is 0. The fraction of sp³-hybridized carbons (Fsp3) is 0.417. The molecule has 17 heavy (non-hydrogen) atoms. The van der Waals surface area contributed by atoms with Gasteiger partial charge in [0.1, 0.15) is 11.5 Å². The third kappa shape index (κ3) is 3.10. The van der Waals surface area contributed by atoms with E-state index in [0.717, 1.165) is 0 Å². The molecule has 3 N–H and O–H groups in total. The average molecular weight is 239 g/mol. The van der Waals surface area contributed by atoms with Gasteiger partial charge in [-0.2, -0.15) is 0 Å². The first-order chi connectivity index (χ1) is 8.13. The van der Waals surface area contributed by atoms with E-state index >= 15 is 0 Å². The molecule has 5 nitrogen and oxygen atoms in total. The second-order valence-electron chi connectivity index (χ2n) is 3.58. The van der Waals surface area contributed by atoms with Crippen LogP contribution in [0.3, 0.4) is 0 Å².